The highest BCUT2D eigenvalue weighted by Crippen LogP contribution is 2.40. The van der Waals surface area contributed by atoms with Crippen LogP contribution in [0.3, 0.4) is 0 Å². The molecule has 0 amide bonds. The molecule has 0 spiro atoms. The predicted octanol–water partition coefficient (Wildman–Crippen LogP) is 7.37. The van der Waals surface area contributed by atoms with Crippen LogP contribution in [0.1, 0.15) is 78.6 Å². The lowest BCUT2D eigenvalue weighted by Gasteiger charge is -2.10. The predicted molar refractivity (Wildman–Crippen MR) is 96.2 cm³/mol. The summed E-state index contributed by atoms with van der Waals surface area (Å²) < 4.78 is 16.6. The third-order valence-electron chi connectivity index (χ3n) is 2.90. The largest absolute Gasteiger partial charge is 0.528 e. The maximum absolute atomic E-state index is 5.54. The topological polar surface area (TPSA) is 27.7 Å². The maximum Gasteiger partial charge on any atom is 0.528 e. The zero-order valence-electron chi connectivity index (χ0n) is 14.5. The van der Waals surface area contributed by atoms with Crippen LogP contribution in [-0.4, -0.2) is 0 Å². The summed E-state index contributed by atoms with van der Waals surface area (Å²) in [7, 11) is -1.38. The van der Waals surface area contributed by atoms with E-state index in [9.17, 15) is 0 Å². The molecule has 0 radical (unpaired) electrons. The first-order valence-electron chi connectivity index (χ1n) is 8.60. The number of hydrogen-bond donors (Lipinski definition) is 0. The van der Waals surface area contributed by atoms with Gasteiger partial charge in [0.2, 0.25) is 0 Å². The van der Waals surface area contributed by atoms with Gasteiger partial charge >= 0.3 is 8.60 Å². The van der Waals surface area contributed by atoms with Crippen molar-refractivity contribution in [3.05, 3.63) is 37.0 Å². The second-order valence-corrected chi connectivity index (χ2v) is 6.16. The minimum Gasteiger partial charge on any atom is -0.417 e. The van der Waals surface area contributed by atoms with Crippen LogP contribution in [0, 0.1) is 0 Å². The molecule has 128 valence electrons. The van der Waals surface area contributed by atoms with Gasteiger partial charge in [0.05, 0.1) is 18.8 Å². The van der Waals surface area contributed by atoms with Crippen LogP contribution in [-0.2, 0) is 13.6 Å². The zero-order chi connectivity index (χ0) is 16.3. The molecule has 0 aliphatic heterocycles. The Morgan fingerprint density at radius 1 is 0.591 bits per heavy atom. The van der Waals surface area contributed by atoms with E-state index in [1.54, 1.807) is 18.8 Å². The molecule has 0 aliphatic carbocycles. The monoisotopic (exact) mass is 328 g/mol. The van der Waals surface area contributed by atoms with Crippen molar-refractivity contribution in [3.8, 4) is 0 Å². The van der Waals surface area contributed by atoms with Crippen LogP contribution in [0.15, 0.2) is 37.0 Å². The van der Waals surface area contributed by atoms with E-state index in [2.05, 4.69) is 20.8 Å². The molecule has 0 fully saturated rings. The van der Waals surface area contributed by atoms with Gasteiger partial charge in [-0.25, -0.2) is 0 Å². The SMILES string of the molecule is CCCCC=COP(OC=CCCCC)OC=CCCCC. The van der Waals surface area contributed by atoms with Crippen molar-refractivity contribution in [2.75, 3.05) is 0 Å². The molecular formula is C18H33O3P. The summed E-state index contributed by atoms with van der Waals surface area (Å²) in [5, 5.41) is 0. The molecule has 0 aromatic rings. The van der Waals surface area contributed by atoms with Gasteiger partial charge in [0.15, 0.2) is 0 Å². The van der Waals surface area contributed by atoms with Crippen LogP contribution < -0.4 is 0 Å². The van der Waals surface area contributed by atoms with Crippen LogP contribution in [0.2, 0.25) is 0 Å². The summed E-state index contributed by atoms with van der Waals surface area (Å²) in [6, 6.07) is 0. The summed E-state index contributed by atoms with van der Waals surface area (Å²) in [6.07, 6.45) is 21.3. The van der Waals surface area contributed by atoms with Crippen LogP contribution in [0.5, 0.6) is 0 Å². The quantitative estimate of drug-likeness (QED) is 0.178. The Bertz CT molecular complexity index is 253. The second-order valence-electron chi connectivity index (χ2n) is 5.08. The molecule has 4 heteroatoms. The summed E-state index contributed by atoms with van der Waals surface area (Å²) in [6.45, 7) is 6.53. The number of allylic oxidation sites excluding steroid dienone is 3. The highest BCUT2D eigenvalue weighted by molar-refractivity contribution is 7.42. The fourth-order valence-corrected chi connectivity index (χ4v) is 2.23. The lowest BCUT2D eigenvalue weighted by atomic mass is 10.2. The molecule has 3 nitrogen and oxygen atoms in total. The summed E-state index contributed by atoms with van der Waals surface area (Å²) >= 11 is 0. The van der Waals surface area contributed by atoms with Crippen molar-refractivity contribution >= 4 is 8.60 Å². The molecule has 0 saturated heterocycles. The van der Waals surface area contributed by atoms with Gasteiger partial charge in [-0.05, 0) is 56.8 Å². The van der Waals surface area contributed by atoms with Crippen molar-refractivity contribution in [1.29, 1.82) is 0 Å². The Kier molecular flexibility index (Phi) is 17.3. The molecule has 22 heavy (non-hydrogen) atoms. The van der Waals surface area contributed by atoms with E-state index in [0.29, 0.717) is 0 Å². The van der Waals surface area contributed by atoms with E-state index in [1.165, 1.54) is 38.5 Å². The number of hydrogen-bond acceptors (Lipinski definition) is 3. The third-order valence-corrected chi connectivity index (χ3v) is 3.78. The van der Waals surface area contributed by atoms with Crippen LogP contribution in [0.25, 0.3) is 0 Å². The molecule has 0 saturated carbocycles. The molecule has 0 rings (SSSR count). The molecular weight excluding hydrogens is 295 g/mol. The van der Waals surface area contributed by atoms with Gasteiger partial charge in [0.25, 0.3) is 0 Å². The molecule has 0 atom stereocenters. The van der Waals surface area contributed by atoms with Gasteiger partial charge in [-0.2, -0.15) is 0 Å². The Hall–Kier alpha value is -0.950. The minimum absolute atomic E-state index is 1.03. The molecule has 0 bridgehead atoms. The molecule has 0 aliphatic rings. The Balaban J connectivity index is 4.09. The standard InChI is InChI=1S/C18H33O3P/c1-4-7-10-13-16-19-22(20-17-14-11-8-5-2)21-18-15-12-9-6-3/h13-18H,4-12H2,1-3H3. The minimum atomic E-state index is -1.38. The smallest absolute Gasteiger partial charge is 0.417 e. The van der Waals surface area contributed by atoms with E-state index in [1.807, 2.05) is 18.2 Å². The molecule has 0 aromatic heterocycles. The lowest BCUT2D eigenvalue weighted by molar-refractivity contribution is 0.302. The molecule has 0 N–H and O–H groups in total. The van der Waals surface area contributed by atoms with Crippen molar-refractivity contribution < 1.29 is 13.6 Å². The number of rotatable bonds is 15. The Morgan fingerprint density at radius 2 is 0.909 bits per heavy atom. The van der Waals surface area contributed by atoms with Gasteiger partial charge < -0.3 is 13.6 Å². The zero-order valence-corrected chi connectivity index (χ0v) is 15.4. The van der Waals surface area contributed by atoms with Gasteiger partial charge in [0, 0.05) is 0 Å². The molecule has 0 aromatic carbocycles. The van der Waals surface area contributed by atoms with Crippen molar-refractivity contribution in [2.24, 2.45) is 0 Å². The van der Waals surface area contributed by atoms with Crippen LogP contribution >= 0.6 is 8.60 Å². The molecule has 0 unspecified atom stereocenters. The van der Waals surface area contributed by atoms with E-state index in [-0.39, 0.29) is 0 Å². The van der Waals surface area contributed by atoms with Crippen LogP contribution in [0.4, 0.5) is 0 Å². The van der Waals surface area contributed by atoms with E-state index < -0.39 is 8.60 Å². The van der Waals surface area contributed by atoms with Crippen molar-refractivity contribution in [2.45, 2.75) is 78.6 Å². The average Bonchev–Trinajstić information content (AvgIpc) is 2.53. The van der Waals surface area contributed by atoms with E-state index in [4.69, 9.17) is 13.6 Å². The van der Waals surface area contributed by atoms with Gasteiger partial charge in [-0.1, -0.05) is 40.0 Å². The normalized spacial score (nSPS) is 13.2. The maximum atomic E-state index is 5.54. The summed E-state index contributed by atoms with van der Waals surface area (Å²) in [4.78, 5) is 0. The fraction of sp³-hybridized carbons (Fsp3) is 0.667. The first-order chi connectivity index (χ1) is 10.8. The number of unbranched alkanes of at least 4 members (excludes halogenated alkanes) is 6. The lowest BCUT2D eigenvalue weighted by Crippen LogP contribution is -1.83. The highest BCUT2D eigenvalue weighted by atomic mass is 31.2. The summed E-state index contributed by atoms with van der Waals surface area (Å²) in [5.74, 6) is 0. The van der Waals surface area contributed by atoms with Crippen molar-refractivity contribution in [1.82, 2.24) is 0 Å². The first-order valence-corrected chi connectivity index (χ1v) is 9.70. The summed E-state index contributed by atoms with van der Waals surface area (Å²) in [5.41, 5.74) is 0. The average molecular weight is 328 g/mol. The Morgan fingerprint density at radius 3 is 1.18 bits per heavy atom. The second kappa shape index (κ2) is 18.1. The third kappa shape index (κ3) is 15.4. The fourth-order valence-electron chi connectivity index (χ4n) is 1.52. The van der Waals surface area contributed by atoms with E-state index in [0.717, 1.165) is 19.3 Å². The van der Waals surface area contributed by atoms with Gasteiger partial charge in [-0.3, -0.25) is 0 Å². The highest BCUT2D eigenvalue weighted by Gasteiger charge is 2.10. The Labute approximate surface area is 138 Å². The van der Waals surface area contributed by atoms with E-state index >= 15 is 0 Å². The van der Waals surface area contributed by atoms with Crippen molar-refractivity contribution in [3.63, 3.8) is 0 Å². The first kappa shape index (κ1) is 21.0. The van der Waals surface area contributed by atoms with Gasteiger partial charge in [0.1, 0.15) is 0 Å². The van der Waals surface area contributed by atoms with Gasteiger partial charge in [-0.15, -0.1) is 0 Å². The molecule has 0 heterocycles.